The Labute approximate surface area is 154 Å². The smallest absolute Gasteiger partial charge is 0.341 e. The quantitative estimate of drug-likeness (QED) is 0.714. The van der Waals surface area contributed by atoms with Crippen molar-refractivity contribution in [1.29, 1.82) is 0 Å². The molecule has 0 radical (unpaired) electrons. The van der Waals surface area contributed by atoms with E-state index in [4.69, 9.17) is 21.5 Å². The predicted molar refractivity (Wildman–Crippen MR) is 91.4 cm³/mol. The summed E-state index contributed by atoms with van der Waals surface area (Å²) in [5.41, 5.74) is 0.0242. The Morgan fingerprint density at radius 2 is 1.88 bits per heavy atom. The zero-order valence-electron chi connectivity index (χ0n) is 13.2. The van der Waals surface area contributed by atoms with Gasteiger partial charge in [-0.25, -0.2) is 22.7 Å². The zero-order chi connectivity index (χ0) is 19.3. The molecule has 1 amide bonds. The van der Waals surface area contributed by atoms with Gasteiger partial charge in [-0.1, -0.05) is 29.8 Å². The first-order valence-electron chi connectivity index (χ1n) is 7.18. The van der Waals surface area contributed by atoms with Crippen LogP contribution in [0.4, 0.5) is 4.39 Å². The molecular weight excluding hydrogens is 387 g/mol. The molecule has 0 aromatic heterocycles. The van der Waals surface area contributed by atoms with Crippen LogP contribution in [0.2, 0.25) is 5.02 Å². The van der Waals surface area contributed by atoms with Crippen molar-refractivity contribution in [2.24, 2.45) is 5.14 Å². The minimum Gasteiger partial charge on any atom is -0.452 e. The molecule has 0 saturated heterocycles. The van der Waals surface area contributed by atoms with Crippen molar-refractivity contribution in [2.75, 3.05) is 6.61 Å². The summed E-state index contributed by atoms with van der Waals surface area (Å²) in [5, 5.41) is 7.88. The molecule has 0 saturated carbocycles. The number of hydrogen-bond donors (Lipinski definition) is 2. The Balaban J connectivity index is 1.96. The molecule has 0 aliphatic rings. The Morgan fingerprint density at radius 1 is 1.19 bits per heavy atom. The minimum atomic E-state index is -4.12. The summed E-state index contributed by atoms with van der Waals surface area (Å²) in [4.78, 5) is 23.2. The fourth-order valence-electron chi connectivity index (χ4n) is 1.93. The summed E-state index contributed by atoms with van der Waals surface area (Å²) in [5.74, 6) is -2.83. The molecule has 0 unspecified atom stereocenters. The van der Waals surface area contributed by atoms with Gasteiger partial charge in [-0.2, -0.15) is 0 Å². The number of nitrogens with one attached hydrogen (secondary N) is 1. The summed E-state index contributed by atoms with van der Waals surface area (Å²) in [6.45, 7) is -0.562. The number of sulfonamides is 1. The second kappa shape index (κ2) is 8.26. The second-order valence-corrected chi connectivity index (χ2v) is 7.10. The van der Waals surface area contributed by atoms with E-state index < -0.39 is 44.8 Å². The lowest BCUT2D eigenvalue weighted by Crippen LogP contribution is -2.28. The number of carbonyl (C=O) groups is 2. The number of carbonyl (C=O) groups excluding carboxylic acids is 2. The highest BCUT2D eigenvalue weighted by Crippen LogP contribution is 2.16. The second-order valence-electron chi connectivity index (χ2n) is 5.13. The minimum absolute atomic E-state index is 0.116. The van der Waals surface area contributed by atoms with Gasteiger partial charge in [0.25, 0.3) is 5.91 Å². The first-order valence-corrected chi connectivity index (χ1v) is 9.10. The van der Waals surface area contributed by atoms with Gasteiger partial charge in [0.05, 0.1) is 10.5 Å². The van der Waals surface area contributed by atoms with Crippen molar-refractivity contribution >= 4 is 33.5 Å². The van der Waals surface area contributed by atoms with E-state index in [0.717, 1.165) is 18.2 Å². The molecule has 138 valence electrons. The van der Waals surface area contributed by atoms with Crippen LogP contribution < -0.4 is 10.5 Å². The number of esters is 1. The first kappa shape index (κ1) is 19.8. The van der Waals surface area contributed by atoms with Crippen LogP contribution in [0, 0.1) is 5.82 Å². The lowest BCUT2D eigenvalue weighted by molar-refractivity contribution is -0.124. The van der Waals surface area contributed by atoms with E-state index in [1.165, 1.54) is 0 Å². The molecule has 2 rings (SSSR count). The third-order valence-corrected chi connectivity index (χ3v) is 4.53. The molecule has 0 spiro atoms. The van der Waals surface area contributed by atoms with Crippen molar-refractivity contribution in [3.05, 3.63) is 64.4 Å². The molecule has 0 aliphatic carbocycles. The van der Waals surface area contributed by atoms with Gasteiger partial charge in [0.1, 0.15) is 5.82 Å². The maximum absolute atomic E-state index is 13.7. The van der Waals surface area contributed by atoms with Crippen LogP contribution in [-0.4, -0.2) is 26.9 Å². The van der Waals surface area contributed by atoms with E-state index in [-0.39, 0.29) is 6.54 Å². The molecule has 26 heavy (non-hydrogen) atoms. The SMILES string of the molecule is NS(=O)(=O)c1ccc(F)c(C(=O)OCC(=O)NCc2ccccc2Cl)c1. The van der Waals surface area contributed by atoms with Crippen LogP contribution >= 0.6 is 11.6 Å². The van der Waals surface area contributed by atoms with Crippen molar-refractivity contribution in [3.8, 4) is 0 Å². The third-order valence-electron chi connectivity index (χ3n) is 3.25. The largest absolute Gasteiger partial charge is 0.452 e. The fraction of sp³-hybridized carbons (Fsp3) is 0.125. The number of ether oxygens (including phenoxy) is 1. The van der Waals surface area contributed by atoms with Crippen LogP contribution in [0.1, 0.15) is 15.9 Å². The number of nitrogens with two attached hydrogens (primary N) is 1. The van der Waals surface area contributed by atoms with Crippen molar-refractivity contribution in [3.63, 3.8) is 0 Å². The zero-order valence-corrected chi connectivity index (χ0v) is 14.8. The molecule has 0 bridgehead atoms. The van der Waals surface area contributed by atoms with Gasteiger partial charge < -0.3 is 10.1 Å². The molecule has 0 heterocycles. The third kappa shape index (κ3) is 5.25. The number of amides is 1. The van der Waals surface area contributed by atoms with Gasteiger partial charge >= 0.3 is 5.97 Å². The van der Waals surface area contributed by atoms with E-state index >= 15 is 0 Å². The standard InChI is InChI=1S/C16H14ClFN2O5S/c17-13-4-2-1-3-10(13)8-20-15(21)9-25-16(22)12-7-11(26(19,23)24)5-6-14(12)18/h1-7H,8-9H2,(H,20,21)(H2,19,23,24). The fourth-order valence-corrected chi connectivity index (χ4v) is 2.68. The Morgan fingerprint density at radius 3 is 2.54 bits per heavy atom. The number of rotatable bonds is 6. The number of hydrogen-bond acceptors (Lipinski definition) is 5. The summed E-state index contributed by atoms with van der Waals surface area (Å²) in [6.07, 6.45) is 0. The maximum atomic E-state index is 13.7. The van der Waals surface area contributed by atoms with Crippen LogP contribution in [0.5, 0.6) is 0 Å². The van der Waals surface area contributed by atoms with E-state index in [2.05, 4.69) is 5.32 Å². The van der Waals surface area contributed by atoms with Crippen molar-refractivity contribution in [2.45, 2.75) is 11.4 Å². The van der Waals surface area contributed by atoms with Gasteiger partial charge in [-0.3, -0.25) is 4.79 Å². The van der Waals surface area contributed by atoms with Crippen molar-refractivity contribution in [1.82, 2.24) is 5.32 Å². The summed E-state index contributed by atoms with van der Waals surface area (Å²) >= 11 is 5.95. The molecule has 2 aromatic rings. The number of halogens is 2. The average molecular weight is 401 g/mol. The van der Waals surface area contributed by atoms with E-state index in [9.17, 15) is 22.4 Å². The summed E-state index contributed by atoms with van der Waals surface area (Å²) < 4.78 is 40.9. The normalized spacial score (nSPS) is 11.0. The van der Waals surface area contributed by atoms with Crippen LogP contribution in [0.3, 0.4) is 0 Å². The molecule has 7 nitrogen and oxygen atoms in total. The molecule has 0 fully saturated rings. The lowest BCUT2D eigenvalue weighted by atomic mass is 10.2. The highest BCUT2D eigenvalue weighted by atomic mass is 35.5. The van der Waals surface area contributed by atoms with E-state index in [1.54, 1.807) is 24.3 Å². The Bertz CT molecular complexity index is 949. The van der Waals surface area contributed by atoms with Crippen LogP contribution in [-0.2, 0) is 26.1 Å². The Kier molecular flexibility index (Phi) is 6.30. The number of benzene rings is 2. The molecule has 0 aliphatic heterocycles. The number of primary sulfonamides is 1. The topological polar surface area (TPSA) is 116 Å². The summed E-state index contributed by atoms with van der Waals surface area (Å²) in [7, 11) is -4.12. The molecule has 0 atom stereocenters. The summed E-state index contributed by atoms with van der Waals surface area (Å²) in [6, 6.07) is 9.28. The average Bonchev–Trinajstić information content (AvgIpc) is 2.58. The Hall–Kier alpha value is -2.49. The van der Waals surface area contributed by atoms with Gasteiger partial charge in [0.2, 0.25) is 10.0 Å². The van der Waals surface area contributed by atoms with E-state index in [0.29, 0.717) is 10.6 Å². The maximum Gasteiger partial charge on any atom is 0.341 e. The monoisotopic (exact) mass is 400 g/mol. The lowest BCUT2D eigenvalue weighted by Gasteiger charge is -2.09. The van der Waals surface area contributed by atoms with E-state index in [1.807, 2.05) is 0 Å². The molecule has 10 heteroatoms. The van der Waals surface area contributed by atoms with Gasteiger partial charge in [-0.05, 0) is 29.8 Å². The van der Waals surface area contributed by atoms with Gasteiger partial charge in [0, 0.05) is 11.6 Å². The van der Waals surface area contributed by atoms with Gasteiger partial charge in [0.15, 0.2) is 6.61 Å². The predicted octanol–water partition coefficient (Wildman–Crippen LogP) is 1.60. The van der Waals surface area contributed by atoms with Crippen LogP contribution in [0.25, 0.3) is 0 Å². The van der Waals surface area contributed by atoms with Crippen molar-refractivity contribution < 1.29 is 27.1 Å². The highest BCUT2D eigenvalue weighted by molar-refractivity contribution is 7.89. The molecule has 2 aromatic carbocycles. The van der Waals surface area contributed by atoms with Gasteiger partial charge in [-0.15, -0.1) is 0 Å². The highest BCUT2D eigenvalue weighted by Gasteiger charge is 2.19. The first-order chi connectivity index (χ1) is 12.2. The van der Waals surface area contributed by atoms with Crippen LogP contribution in [0.15, 0.2) is 47.4 Å². The molecule has 3 N–H and O–H groups in total. The molecular formula is C16H14ClFN2O5S.